The molecule has 2 fully saturated rings. The molecule has 0 aromatic rings. The van der Waals surface area contributed by atoms with E-state index < -0.39 is 5.54 Å². The third-order valence-electron chi connectivity index (χ3n) is 3.94. The Balaban J connectivity index is 1.65. The largest absolute Gasteiger partial charge is 0.355 e. The first-order valence-corrected chi connectivity index (χ1v) is 7.54. The van der Waals surface area contributed by atoms with Crippen molar-refractivity contribution in [3.05, 3.63) is 0 Å². The summed E-state index contributed by atoms with van der Waals surface area (Å²) in [6, 6.07) is 0.00116. The van der Waals surface area contributed by atoms with Crippen molar-refractivity contribution >= 4 is 17.8 Å². The van der Waals surface area contributed by atoms with Crippen molar-refractivity contribution in [1.82, 2.24) is 20.9 Å². The summed E-state index contributed by atoms with van der Waals surface area (Å²) in [5.74, 6) is -0.266. The topological polar surface area (TPSA) is 90.5 Å². The average Bonchev–Trinajstić information content (AvgIpc) is 2.98. The summed E-state index contributed by atoms with van der Waals surface area (Å²) in [5, 5.41) is 8.82. The lowest BCUT2D eigenvalue weighted by Crippen LogP contribution is -2.40. The molecule has 0 aliphatic carbocycles. The van der Waals surface area contributed by atoms with Crippen LogP contribution in [0.3, 0.4) is 0 Å². The standard InChI is InChI=1S/C14H24N4O3/c1-14(2)12(20)18(13(21)17-14)8-4-6-11(19)16-9-10-5-3-7-15-10/h10,15H,3-9H2,1-2H3,(H,16,19)(H,17,21). The molecule has 1 atom stereocenters. The highest BCUT2D eigenvalue weighted by Crippen LogP contribution is 2.16. The maximum absolute atomic E-state index is 11.9. The minimum atomic E-state index is -0.840. The second kappa shape index (κ2) is 6.43. The van der Waals surface area contributed by atoms with Crippen molar-refractivity contribution < 1.29 is 14.4 Å². The third kappa shape index (κ3) is 3.93. The molecule has 2 aliphatic heterocycles. The Hall–Kier alpha value is -1.63. The maximum atomic E-state index is 11.9. The van der Waals surface area contributed by atoms with Crippen molar-refractivity contribution in [2.75, 3.05) is 19.6 Å². The lowest BCUT2D eigenvalue weighted by molar-refractivity contribution is -0.130. The molecule has 0 radical (unpaired) electrons. The van der Waals surface area contributed by atoms with Crippen LogP contribution in [0.25, 0.3) is 0 Å². The second-order valence-electron chi connectivity index (χ2n) is 6.21. The Bertz CT molecular complexity index is 430. The number of rotatable bonds is 6. The van der Waals surface area contributed by atoms with Crippen LogP contribution in [-0.4, -0.2) is 54.0 Å². The number of hydrogen-bond acceptors (Lipinski definition) is 4. The van der Waals surface area contributed by atoms with E-state index in [1.807, 2.05) is 0 Å². The number of imide groups is 1. The number of nitrogens with zero attached hydrogens (tertiary/aromatic N) is 1. The predicted octanol–water partition coefficient (Wildman–Crippen LogP) is -0.0348. The fraction of sp³-hybridized carbons (Fsp3) is 0.786. The third-order valence-corrected chi connectivity index (χ3v) is 3.94. The molecule has 21 heavy (non-hydrogen) atoms. The Kier molecular flexibility index (Phi) is 4.82. The predicted molar refractivity (Wildman–Crippen MR) is 77.6 cm³/mol. The summed E-state index contributed by atoms with van der Waals surface area (Å²) >= 11 is 0. The lowest BCUT2D eigenvalue weighted by Gasteiger charge is -2.16. The van der Waals surface area contributed by atoms with Gasteiger partial charge in [0.15, 0.2) is 0 Å². The van der Waals surface area contributed by atoms with Gasteiger partial charge in [0, 0.05) is 25.6 Å². The molecule has 0 saturated carbocycles. The molecule has 0 spiro atoms. The van der Waals surface area contributed by atoms with Crippen LogP contribution < -0.4 is 16.0 Å². The van der Waals surface area contributed by atoms with Crippen LogP contribution in [0.4, 0.5) is 4.79 Å². The highest BCUT2D eigenvalue weighted by Gasteiger charge is 2.43. The molecule has 0 aromatic heterocycles. The van der Waals surface area contributed by atoms with Crippen LogP contribution in [0.5, 0.6) is 0 Å². The van der Waals surface area contributed by atoms with Crippen molar-refractivity contribution in [1.29, 1.82) is 0 Å². The van der Waals surface area contributed by atoms with Crippen LogP contribution >= 0.6 is 0 Å². The normalized spacial score (nSPS) is 24.3. The van der Waals surface area contributed by atoms with E-state index in [0.29, 0.717) is 25.4 Å². The molecule has 1 unspecified atom stereocenters. The minimum absolute atomic E-state index is 0.0324. The number of carbonyl (C=O) groups excluding carboxylic acids is 3. The lowest BCUT2D eigenvalue weighted by atomic mass is 10.1. The molecule has 7 nitrogen and oxygen atoms in total. The van der Waals surface area contributed by atoms with Crippen LogP contribution in [0, 0.1) is 0 Å². The second-order valence-corrected chi connectivity index (χ2v) is 6.21. The van der Waals surface area contributed by atoms with Crippen LogP contribution in [0.15, 0.2) is 0 Å². The SMILES string of the molecule is CC1(C)NC(=O)N(CCCC(=O)NCC2CCCN2)C1=O. The Morgan fingerprint density at radius 1 is 1.43 bits per heavy atom. The summed E-state index contributed by atoms with van der Waals surface area (Å²) in [6.07, 6.45) is 3.06. The summed E-state index contributed by atoms with van der Waals surface area (Å²) < 4.78 is 0. The molecule has 2 aliphatic rings. The summed E-state index contributed by atoms with van der Waals surface area (Å²) in [6.45, 7) is 5.30. The fourth-order valence-electron chi connectivity index (χ4n) is 2.68. The van der Waals surface area contributed by atoms with E-state index in [2.05, 4.69) is 16.0 Å². The Morgan fingerprint density at radius 2 is 2.19 bits per heavy atom. The van der Waals surface area contributed by atoms with Gasteiger partial charge >= 0.3 is 6.03 Å². The molecule has 4 amide bonds. The van der Waals surface area contributed by atoms with Crippen molar-refractivity contribution in [3.63, 3.8) is 0 Å². The zero-order chi connectivity index (χ0) is 15.5. The maximum Gasteiger partial charge on any atom is 0.325 e. The zero-order valence-electron chi connectivity index (χ0n) is 12.7. The highest BCUT2D eigenvalue weighted by atomic mass is 16.2. The zero-order valence-corrected chi connectivity index (χ0v) is 12.7. The van der Waals surface area contributed by atoms with Crippen LogP contribution in [0.2, 0.25) is 0 Å². The van der Waals surface area contributed by atoms with Gasteiger partial charge in [-0.15, -0.1) is 0 Å². The van der Waals surface area contributed by atoms with Crippen LogP contribution in [-0.2, 0) is 9.59 Å². The number of hydrogen-bond donors (Lipinski definition) is 3. The van der Waals surface area contributed by atoms with Gasteiger partial charge in [-0.2, -0.15) is 0 Å². The molecule has 7 heteroatoms. The van der Waals surface area contributed by atoms with Gasteiger partial charge in [0.1, 0.15) is 5.54 Å². The number of amides is 4. The minimum Gasteiger partial charge on any atom is -0.355 e. The van der Waals surface area contributed by atoms with E-state index in [1.165, 1.54) is 4.90 Å². The summed E-state index contributed by atoms with van der Waals surface area (Å²) in [5.41, 5.74) is -0.840. The van der Waals surface area contributed by atoms with Gasteiger partial charge in [-0.1, -0.05) is 0 Å². The van der Waals surface area contributed by atoms with E-state index in [1.54, 1.807) is 13.8 Å². The highest BCUT2D eigenvalue weighted by molar-refractivity contribution is 6.06. The van der Waals surface area contributed by atoms with Gasteiger partial charge in [0.2, 0.25) is 5.91 Å². The molecule has 118 valence electrons. The van der Waals surface area contributed by atoms with E-state index >= 15 is 0 Å². The Morgan fingerprint density at radius 3 is 2.76 bits per heavy atom. The molecule has 2 saturated heterocycles. The van der Waals surface area contributed by atoms with E-state index in [-0.39, 0.29) is 24.4 Å². The Labute approximate surface area is 124 Å². The van der Waals surface area contributed by atoms with Crippen molar-refractivity contribution in [2.45, 2.75) is 51.1 Å². The van der Waals surface area contributed by atoms with Crippen molar-refractivity contribution in [3.8, 4) is 0 Å². The van der Waals surface area contributed by atoms with Gasteiger partial charge in [0.25, 0.3) is 5.91 Å². The smallest absolute Gasteiger partial charge is 0.325 e. The monoisotopic (exact) mass is 296 g/mol. The average molecular weight is 296 g/mol. The molecule has 0 bridgehead atoms. The van der Waals surface area contributed by atoms with Crippen LogP contribution in [0.1, 0.15) is 39.5 Å². The van der Waals surface area contributed by atoms with Gasteiger partial charge < -0.3 is 16.0 Å². The van der Waals surface area contributed by atoms with E-state index in [9.17, 15) is 14.4 Å². The number of urea groups is 1. The molecule has 2 heterocycles. The van der Waals surface area contributed by atoms with E-state index in [4.69, 9.17) is 0 Å². The van der Waals surface area contributed by atoms with Gasteiger partial charge in [-0.05, 0) is 39.7 Å². The number of carbonyl (C=O) groups is 3. The van der Waals surface area contributed by atoms with Crippen molar-refractivity contribution in [2.24, 2.45) is 0 Å². The summed E-state index contributed by atoms with van der Waals surface area (Å²) in [7, 11) is 0. The first-order chi connectivity index (χ1) is 9.90. The van der Waals surface area contributed by atoms with Gasteiger partial charge in [0.05, 0.1) is 0 Å². The molecule has 2 rings (SSSR count). The number of nitrogens with one attached hydrogen (secondary N) is 3. The molecule has 0 aromatic carbocycles. The quantitative estimate of drug-likeness (QED) is 0.600. The first-order valence-electron chi connectivity index (χ1n) is 7.54. The molecule has 3 N–H and O–H groups in total. The molecular weight excluding hydrogens is 272 g/mol. The van der Waals surface area contributed by atoms with Gasteiger partial charge in [-0.25, -0.2) is 4.79 Å². The molecular formula is C14H24N4O3. The first kappa shape index (κ1) is 15.8. The fourth-order valence-corrected chi connectivity index (χ4v) is 2.68. The van der Waals surface area contributed by atoms with E-state index in [0.717, 1.165) is 19.4 Å². The van der Waals surface area contributed by atoms with Gasteiger partial charge in [-0.3, -0.25) is 14.5 Å². The summed E-state index contributed by atoms with van der Waals surface area (Å²) in [4.78, 5) is 36.5.